The minimum atomic E-state index is 0.560. The van der Waals surface area contributed by atoms with Gasteiger partial charge in [0.1, 0.15) is 12.4 Å². The second-order valence-corrected chi connectivity index (χ2v) is 3.80. The minimum Gasteiger partial charge on any atom is -0.491 e. The molecule has 0 bridgehead atoms. The van der Waals surface area contributed by atoms with Crippen molar-refractivity contribution < 1.29 is 9.47 Å². The Balaban J connectivity index is 2.18. The molecule has 0 unspecified atom stereocenters. The molecule has 17 heavy (non-hydrogen) atoms. The van der Waals surface area contributed by atoms with Gasteiger partial charge in [0.25, 0.3) is 0 Å². The predicted octanol–water partition coefficient (Wildman–Crippen LogP) is 2.41. The average Bonchev–Trinajstić information content (AvgIpc) is 2.85. The van der Waals surface area contributed by atoms with E-state index in [4.69, 9.17) is 9.47 Å². The first kappa shape index (κ1) is 11.7. The van der Waals surface area contributed by atoms with Gasteiger partial charge in [0.2, 0.25) is 0 Å². The van der Waals surface area contributed by atoms with E-state index in [1.54, 1.807) is 13.3 Å². The van der Waals surface area contributed by atoms with Gasteiger partial charge in [-0.2, -0.15) is 5.10 Å². The van der Waals surface area contributed by atoms with Gasteiger partial charge in [0, 0.05) is 18.9 Å². The van der Waals surface area contributed by atoms with Crippen molar-refractivity contribution in [3.05, 3.63) is 36.2 Å². The van der Waals surface area contributed by atoms with Crippen LogP contribution in [0.5, 0.6) is 5.75 Å². The van der Waals surface area contributed by atoms with E-state index in [1.165, 1.54) is 5.56 Å². The van der Waals surface area contributed by atoms with Crippen LogP contribution < -0.4 is 4.74 Å². The average molecular weight is 232 g/mol. The van der Waals surface area contributed by atoms with Gasteiger partial charge in [-0.3, -0.25) is 5.10 Å². The Morgan fingerprint density at radius 1 is 1.29 bits per heavy atom. The highest BCUT2D eigenvalue weighted by Gasteiger charge is 2.05. The number of nitrogens with zero attached hydrogens (tertiary/aromatic N) is 1. The minimum absolute atomic E-state index is 0.560. The molecule has 4 heteroatoms. The van der Waals surface area contributed by atoms with Crippen molar-refractivity contribution in [1.29, 1.82) is 0 Å². The van der Waals surface area contributed by atoms with Gasteiger partial charge in [-0.1, -0.05) is 6.07 Å². The largest absolute Gasteiger partial charge is 0.491 e. The van der Waals surface area contributed by atoms with Crippen molar-refractivity contribution in [2.75, 3.05) is 20.3 Å². The summed E-state index contributed by atoms with van der Waals surface area (Å²) >= 11 is 0. The number of aromatic amines is 1. The first-order valence-corrected chi connectivity index (χ1v) is 5.53. The lowest BCUT2D eigenvalue weighted by Gasteiger charge is -2.09. The van der Waals surface area contributed by atoms with Crippen molar-refractivity contribution in [2.24, 2.45) is 0 Å². The molecule has 1 heterocycles. The van der Waals surface area contributed by atoms with E-state index in [2.05, 4.69) is 17.1 Å². The number of benzene rings is 1. The van der Waals surface area contributed by atoms with Crippen LogP contribution in [0.15, 0.2) is 30.6 Å². The van der Waals surface area contributed by atoms with E-state index in [0.717, 1.165) is 16.9 Å². The van der Waals surface area contributed by atoms with Crippen molar-refractivity contribution in [2.45, 2.75) is 6.92 Å². The zero-order chi connectivity index (χ0) is 12.1. The Morgan fingerprint density at radius 2 is 2.18 bits per heavy atom. The molecule has 2 rings (SSSR count). The number of H-pyrrole nitrogens is 1. The topological polar surface area (TPSA) is 47.1 Å². The molecule has 0 aliphatic carbocycles. The maximum atomic E-state index is 5.58. The fraction of sp³-hybridized carbons (Fsp3) is 0.308. The second kappa shape index (κ2) is 5.50. The molecule has 0 fully saturated rings. The molecule has 0 saturated heterocycles. The van der Waals surface area contributed by atoms with Crippen molar-refractivity contribution in [1.82, 2.24) is 10.2 Å². The third-order valence-electron chi connectivity index (χ3n) is 2.57. The summed E-state index contributed by atoms with van der Waals surface area (Å²) in [6.45, 7) is 3.22. The van der Waals surface area contributed by atoms with Crippen LogP contribution in [0.4, 0.5) is 0 Å². The molecule has 0 amide bonds. The number of aromatic nitrogens is 2. The summed E-state index contributed by atoms with van der Waals surface area (Å²) in [4.78, 5) is 0. The molecule has 0 saturated carbocycles. The molecular formula is C13H16N2O2. The number of aryl methyl sites for hydroxylation is 1. The van der Waals surface area contributed by atoms with Crippen LogP contribution in [0.1, 0.15) is 5.56 Å². The van der Waals surface area contributed by atoms with E-state index in [-0.39, 0.29) is 0 Å². The monoisotopic (exact) mass is 232 g/mol. The van der Waals surface area contributed by atoms with Crippen LogP contribution in [-0.2, 0) is 4.74 Å². The SMILES string of the molecule is COCCOc1ccc(C)c(-c2cn[nH]c2)c1. The van der Waals surface area contributed by atoms with Crippen LogP contribution in [0.3, 0.4) is 0 Å². The molecule has 90 valence electrons. The van der Waals surface area contributed by atoms with Gasteiger partial charge in [0.05, 0.1) is 12.8 Å². The highest BCUT2D eigenvalue weighted by Crippen LogP contribution is 2.26. The summed E-state index contributed by atoms with van der Waals surface area (Å²) in [6, 6.07) is 6.04. The fourth-order valence-corrected chi connectivity index (χ4v) is 1.64. The van der Waals surface area contributed by atoms with Crippen LogP contribution in [0.2, 0.25) is 0 Å². The first-order valence-electron chi connectivity index (χ1n) is 5.53. The van der Waals surface area contributed by atoms with Gasteiger partial charge in [0.15, 0.2) is 0 Å². The van der Waals surface area contributed by atoms with Crippen molar-refractivity contribution in [3.8, 4) is 16.9 Å². The quantitative estimate of drug-likeness (QED) is 0.805. The van der Waals surface area contributed by atoms with Gasteiger partial charge in [-0.25, -0.2) is 0 Å². The maximum Gasteiger partial charge on any atom is 0.120 e. The standard InChI is InChI=1S/C13H16N2O2/c1-10-3-4-12(17-6-5-16-2)7-13(10)11-8-14-15-9-11/h3-4,7-9H,5-6H2,1-2H3,(H,14,15). The summed E-state index contributed by atoms with van der Waals surface area (Å²) in [5, 5.41) is 6.78. The summed E-state index contributed by atoms with van der Waals surface area (Å²) in [7, 11) is 1.66. The normalized spacial score (nSPS) is 10.5. The van der Waals surface area contributed by atoms with E-state index in [9.17, 15) is 0 Å². The first-order chi connectivity index (χ1) is 8.31. The molecule has 0 aliphatic heterocycles. The molecule has 0 spiro atoms. The number of nitrogens with one attached hydrogen (secondary N) is 1. The van der Waals surface area contributed by atoms with Crippen molar-refractivity contribution in [3.63, 3.8) is 0 Å². The molecule has 0 atom stereocenters. The maximum absolute atomic E-state index is 5.58. The Bertz CT molecular complexity index is 466. The van der Waals surface area contributed by atoms with E-state index in [1.807, 2.05) is 24.4 Å². The molecule has 0 aliphatic rings. The Morgan fingerprint density at radius 3 is 2.88 bits per heavy atom. The lowest BCUT2D eigenvalue weighted by molar-refractivity contribution is 0.146. The lowest BCUT2D eigenvalue weighted by atomic mass is 10.0. The number of methoxy groups -OCH3 is 1. The molecule has 1 N–H and O–H groups in total. The Kier molecular flexibility index (Phi) is 3.77. The number of rotatable bonds is 5. The van der Waals surface area contributed by atoms with Gasteiger partial charge in [-0.05, 0) is 30.2 Å². The Hall–Kier alpha value is -1.81. The van der Waals surface area contributed by atoms with Crippen LogP contribution >= 0.6 is 0 Å². The third kappa shape index (κ3) is 2.85. The third-order valence-corrected chi connectivity index (χ3v) is 2.57. The second-order valence-electron chi connectivity index (χ2n) is 3.80. The van der Waals surface area contributed by atoms with Gasteiger partial charge >= 0.3 is 0 Å². The molecule has 1 aromatic heterocycles. The summed E-state index contributed by atoms with van der Waals surface area (Å²) in [5.41, 5.74) is 3.40. The van der Waals surface area contributed by atoms with Crippen molar-refractivity contribution >= 4 is 0 Å². The smallest absolute Gasteiger partial charge is 0.120 e. The molecule has 0 radical (unpaired) electrons. The van der Waals surface area contributed by atoms with Gasteiger partial charge < -0.3 is 9.47 Å². The zero-order valence-corrected chi connectivity index (χ0v) is 10.1. The van der Waals surface area contributed by atoms with E-state index >= 15 is 0 Å². The van der Waals surface area contributed by atoms with E-state index in [0.29, 0.717) is 13.2 Å². The summed E-state index contributed by atoms with van der Waals surface area (Å²) in [6.07, 6.45) is 3.68. The van der Waals surface area contributed by atoms with Gasteiger partial charge in [-0.15, -0.1) is 0 Å². The lowest BCUT2D eigenvalue weighted by Crippen LogP contribution is -2.04. The summed E-state index contributed by atoms with van der Waals surface area (Å²) in [5.74, 6) is 0.851. The molecule has 1 aromatic carbocycles. The van der Waals surface area contributed by atoms with Crippen LogP contribution in [0, 0.1) is 6.92 Å². The van der Waals surface area contributed by atoms with Crippen LogP contribution in [-0.4, -0.2) is 30.5 Å². The van der Waals surface area contributed by atoms with Crippen LogP contribution in [0.25, 0.3) is 11.1 Å². The fourth-order valence-electron chi connectivity index (χ4n) is 1.64. The summed E-state index contributed by atoms with van der Waals surface area (Å²) < 4.78 is 10.5. The highest BCUT2D eigenvalue weighted by atomic mass is 16.5. The molecule has 4 nitrogen and oxygen atoms in total. The Labute approximate surface area is 101 Å². The number of hydrogen-bond donors (Lipinski definition) is 1. The highest BCUT2D eigenvalue weighted by molar-refractivity contribution is 5.67. The predicted molar refractivity (Wildman–Crippen MR) is 66.1 cm³/mol. The zero-order valence-electron chi connectivity index (χ0n) is 10.1. The number of ether oxygens (including phenoxy) is 2. The number of hydrogen-bond acceptors (Lipinski definition) is 3. The van der Waals surface area contributed by atoms with E-state index < -0.39 is 0 Å². The molecule has 2 aromatic rings. The molecular weight excluding hydrogens is 216 g/mol.